The maximum absolute atomic E-state index is 14.0. The van der Waals surface area contributed by atoms with E-state index in [1.165, 1.54) is 0 Å². The second-order valence-electron chi connectivity index (χ2n) is 18.2. The smallest absolute Gasteiger partial charge is 0.420 e. The highest BCUT2D eigenvalue weighted by Gasteiger charge is 2.42. The van der Waals surface area contributed by atoms with Gasteiger partial charge in [-0.3, -0.25) is 0 Å². The molecule has 50 heavy (non-hydrogen) atoms. The summed E-state index contributed by atoms with van der Waals surface area (Å²) >= 11 is 0. The molecule has 2 aromatic heterocycles. The molecule has 0 saturated heterocycles. The van der Waals surface area contributed by atoms with E-state index in [1.54, 1.807) is 23.2 Å². The van der Waals surface area contributed by atoms with Crippen molar-refractivity contribution in [2.45, 2.75) is 175 Å². The number of anilines is 2. The lowest BCUT2D eigenvalue weighted by Gasteiger charge is -2.38. The summed E-state index contributed by atoms with van der Waals surface area (Å²) in [6, 6.07) is 5.48. The van der Waals surface area contributed by atoms with Crippen molar-refractivity contribution in [3.63, 3.8) is 0 Å². The molecular formula is C38H65N5O6Si. The van der Waals surface area contributed by atoms with Crippen molar-refractivity contribution < 1.29 is 28.2 Å². The molecule has 2 amide bonds. The summed E-state index contributed by atoms with van der Waals surface area (Å²) in [5, 5.41) is 8.15. The Morgan fingerprint density at radius 2 is 1.62 bits per heavy atom. The Morgan fingerprint density at radius 3 is 2.20 bits per heavy atom. The van der Waals surface area contributed by atoms with E-state index in [2.05, 4.69) is 64.9 Å². The van der Waals surface area contributed by atoms with Crippen molar-refractivity contribution in [3.05, 3.63) is 30.1 Å². The Bertz CT molecular complexity index is 1450. The van der Waals surface area contributed by atoms with Crippen LogP contribution in [0.1, 0.15) is 134 Å². The lowest BCUT2D eigenvalue weighted by atomic mass is 10.0. The van der Waals surface area contributed by atoms with Crippen LogP contribution >= 0.6 is 0 Å². The maximum Gasteiger partial charge on any atom is 0.420 e. The summed E-state index contributed by atoms with van der Waals surface area (Å²) in [5.74, 6) is 1.22. The van der Waals surface area contributed by atoms with Gasteiger partial charge in [0.05, 0.1) is 23.5 Å². The molecule has 0 bridgehead atoms. The van der Waals surface area contributed by atoms with E-state index >= 15 is 0 Å². The largest absolute Gasteiger partial charge is 0.478 e. The number of carbonyl (C=O) groups is 2. The van der Waals surface area contributed by atoms with Crippen molar-refractivity contribution in [2.75, 3.05) is 11.5 Å². The Kier molecular flexibility index (Phi) is 12.9. The highest BCUT2D eigenvalue weighted by Crippen LogP contribution is 2.44. The first-order valence-electron chi connectivity index (χ1n) is 18.2. The van der Waals surface area contributed by atoms with Crippen LogP contribution in [0.2, 0.25) is 18.1 Å². The van der Waals surface area contributed by atoms with E-state index in [0.29, 0.717) is 36.8 Å². The van der Waals surface area contributed by atoms with Gasteiger partial charge in [0.2, 0.25) is 5.88 Å². The second-order valence-corrected chi connectivity index (χ2v) is 23.0. The Hall–Kier alpha value is -3.12. The number of nitrogens with zero attached hydrogens (tertiary/aromatic N) is 4. The number of carbonyl (C=O) groups excluding carboxylic acids is 2. The van der Waals surface area contributed by atoms with Crippen LogP contribution in [0.25, 0.3) is 0 Å². The molecule has 0 aromatic carbocycles. The highest BCUT2D eigenvalue weighted by molar-refractivity contribution is 6.74. The van der Waals surface area contributed by atoms with Crippen LogP contribution in [0, 0.1) is 0 Å². The van der Waals surface area contributed by atoms with E-state index in [9.17, 15) is 9.59 Å². The van der Waals surface area contributed by atoms with E-state index < -0.39 is 37.2 Å². The average molecular weight is 716 g/mol. The molecule has 3 rings (SSSR count). The van der Waals surface area contributed by atoms with E-state index in [1.807, 2.05) is 59.2 Å². The van der Waals surface area contributed by atoms with Crippen LogP contribution in [-0.4, -0.2) is 65.2 Å². The predicted molar refractivity (Wildman–Crippen MR) is 202 cm³/mol. The molecule has 2 heterocycles. The molecular weight excluding hydrogens is 651 g/mol. The summed E-state index contributed by atoms with van der Waals surface area (Å²) in [4.78, 5) is 32.2. The number of hydrogen-bond acceptors (Lipinski definition) is 8. The van der Waals surface area contributed by atoms with Crippen molar-refractivity contribution in [1.29, 1.82) is 0 Å². The number of aromatic nitrogens is 3. The predicted octanol–water partition coefficient (Wildman–Crippen LogP) is 9.84. The molecule has 0 spiro atoms. The van der Waals surface area contributed by atoms with E-state index in [0.717, 1.165) is 25.0 Å². The number of ether oxygens (including phenoxy) is 3. The van der Waals surface area contributed by atoms with Crippen molar-refractivity contribution in [2.24, 2.45) is 0 Å². The fourth-order valence-corrected chi connectivity index (χ4v) is 6.95. The average Bonchev–Trinajstić information content (AvgIpc) is 3.56. The zero-order valence-corrected chi connectivity index (χ0v) is 34.5. The zero-order valence-electron chi connectivity index (χ0n) is 33.5. The number of nitrogens with one attached hydrogen (secondary N) is 1. The molecule has 1 aliphatic rings. The molecule has 1 fully saturated rings. The SMILES string of the molecule is CC(CCCOc1cc(N(C(=O)OC(C)(C)C)c2cc([C@H]3CC[C@@H](O[Si](C)(C)C(C)(C)C)C3)nn2C(C)(C)C)ccn1)NC(=O)OC(C)(C)C. The minimum atomic E-state index is -1.91. The summed E-state index contributed by atoms with van der Waals surface area (Å²) in [5.41, 5.74) is -0.195. The molecule has 1 aliphatic carbocycles. The van der Waals surface area contributed by atoms with Crippen LogP contribution in [-0.2, 0) is 19.4 Å². The molecule has 282 valence electrons. The molecule has 12 heteroatoms. The number of rotatable bonds is 11. The lowest BCUT2D eigenvalue weighted by Crippen LogP contribution is -2.43. The lowest BCUT2D eigenvalue weighted by molar-refractivity contribution is 0.0503. The van der Waals surface area contributed by atoms with Gasteiger partial charge in [-0.1, -0.05) is 20.8 Å². The fraction of sp³-hybridized carbons (Fsp3) is 0.737. The first-order chi connectivity index (χ1) is 22.8. The second kappa shape index (κ2) is 15.6. The summed E-state index contributed by atoms with van der Waals surface area (Å²) in [7, 11) is -1.91. The minimum Gasteiger partial charge on any atom is -0.478 e. The quantitative estimate of drug-likeness (QED) is 0.181. The molecule has 1 unspecified atom stereocenters. The van der Waals surface area contributed by atoms with Crippen molar-refractivity contribution in [1.82, 2.24) is 20.1 Å². The number of amides is 2. The van der Waals surface area contributed by atoms with Gasteiger partial charge in [-0.05, 0) is 126 Å². The third-order valence-electron chi connectivity index (χ3n) is 8.99. The fourth-order valence-electron chi connectivity index (χ4n) is 5.55. The Labute approximate surface area is 302 Å². The number of hydrogen-bond donors (Lipinski definition) is 1. The van der Waals surface area contributed by atoms with Gasteiger partial charge >= 0.3 is 12.2 Å². The van der Waals surface area contributed by atoms with Gasteiger partial charge in [-0.25, -0.2) is 24.2 Å². The highest BCUT2D eigenvalue weighted by atomic mass is 28.4. The van der Waals surface area contributed by atoms with Gasteiger partial charge in [0.1, 0.15) is 17.0 Å². The van der Waals surface area contributed by atoms with Gasteiger partial charge in [0.25, 0.3) is 0 Å². The maximum atomic E-state index is 14.0. The molecule has 1 saturated carbocycles. The molecule has 0 radical (unpaired) electrons. The monoisotopic (exact) mass is 715 g/mol. The third-order valence-corrected chi connectivity index (χ3v) is 13.5. The van der Waals surface area contributed by atoms with Gasteiger partial charge in [-0.2, -0.15) is 5.10 Å². The molecule has 3 atom stereocenters. The number of alkyl carbamates (subject to hydrolysis) is 1. The van der Waals surface area contributed by atoms with Crippen LogP contribution in [0.15, 0.2) is 24.4 Å². The van der Waals surface area contributed by atoms with Gasteiger partial charge in [0.15, 0.2) is 8.32 Å². The van der Waals surface area contributed by atoms with Crippen LogP contribution in [0.5, 0.6) is 5.88 Å². The summed E-state index contributed by atoms with van der Waals surface area (Å²) < 4.78 is 26.1. The normalized spacial score (nSPS) is 18.1. The summed E-state index contributed by atoms with van der Waals surface area (Å²) in [6.45, 7) is 31.1. The minimum absolute atomic E-state index is 0.0870. The van der Waals surface area contributed by atoms with E-state index in [4.69, 9.17) is 23.7 Å². The van der Waals surface area contributed by atoms with Gasteiger partial charge in [0, 0.05) is 36.4 Å². The topological polar surface area (TPSA) is 117 Å². The standard InChI is InChI=1S/C38H65N5O6Si/c1-26(40-33(44)47-36(5,6)7)17-16-22-46-31-24-28(20-21-39-31)42(34(45)48-37(8,9)10)32-25-30(41-43(32)35(2,3)4)27-18-19-29(23-27)49-50(14,15)38(11,12)13/h20-21,24-27,29H,16-19,22-23H2,1-15H3,(H,40,44)/t26?,27-,29+/m0/s1. The van der Waals surface area contributed by atoms with Crippen LogP contribution < -0.4 is 15.0 Å². The Balaban J connectivity index is 1.86. The Morgan fingerprint density at radius 1 is 0.980 bits per heavy atom. The summed E-state index contributed by atoms with van der Waals surface area (Å²) in [6.07, 6.45) is 5.12. The van der Waals surface area contributed by atoms with Crippen LogP contribution in [0.3, 0.4) is 0 Å². The molecule has 2 aromatic rings. The molecule has 0 aliphatic heterocycles. The first kappa shape index (κ1) is 41.3. The first-order valence-corrected chi connectivity index (χ1v) is 21.1. The molecule has 11 nitrogen and oxygen atoms in total. The van der Waals surface area contributed by atoms with Gasteiger partial charge < -0.3 is 24.0 Å². The third kappa shape index (κ3) is 12.0. The van der Waals surface area contributed by atoms with Crippen LogP contribution in [0.4, 0.5) is 21.1 Å². The molecule has 1 N–H and O–H groups in total. The number of pyridine rings is 1. The van der Waals surface area contributed by atoms with Crippen molar-refractivity contribution >= 4 is 32.0 Å². The van der Waals surface area contributed by atoms with E-state index in [-0.39, 0.29) is 23.1 Å². The zero-order chi connectivity index (χ0) is 37.9. The van der Waals surface area contributed by atoms with Crippen molar-refractivity contribution in [3.8, 4) is 5.88 Å². The van der Waals surface area contributed by atoms with Gasteiger partial charge in [-0.15, -0.1) is 0 Å².